The Morgan fingerprint density at radius 1 is 1.04 bits per heavy atom. The number of hydrogen-bond donors (Lipinski definition) is 2. The van der Waals surface area contributed by atoms with Crippen molar-refractivity contribution in [3.63, 3.8) is 0 Å². The molecule has 2 heterocycles. The summed E-state index contributed by atoms with van der Waals surface area (Å²) in [7, 11) is 0. The molecule has 1 fully saturated rings. The molecule has 0 unspecified atom stereocenters. The van der Waals surface area contributed by atoms with Crippen molar-refractivity contribution in [3.05, 3.63) is 77.0 Å². The molecule has 3 aromatic rings. The Labute approximate surface area is 167 Å². The number of H-pyrrole nitrogens is 1. The lowest BCUT2D eigenvalue weighted by Crippen LogP contribution is -2.42. The highest BCUT2D eigenvalue weighted by Crippen LogP contribution is 2.34. The SMILES string of the molecule is Cc1ccc(-c2[nH]ncc2CNCC2(c3ccccc3)CCOCC2)cc1C. The van der Waals surface area contributed by atoms with Crippen molar-refractivity contribution in [1.29, 1.82) is 0 Å². The maximum absolute atomic E-state index is 5.65. The van der Waals surface area contributed by atoms with Gasteiger partial charge >= 0.3 is 0 Å². The number of nitrogens with zero attached hydrogens (tertiary/aromatic N) is 1. The second kappa shape index (κ2) is 8.29. The molecule has 2 aromatic carbocycles. The Morgan fingerprint density at radius 2 is 1.82 bits per heavy atom. The standard InChI is InChI=1S/C24H29N3O/c1-18-8-9-20(14-19(18)2)23-21(16-26-27-23)15-25-17-24(10-12-28-13-11-24)22-6-4-3-5-7-22/h3-9,14,16,25H,10-13,15,17H2,1-2H3,(H,26,27). The molecule has 4 rings (SSSR count). The topological polar surface area (TPSA) is 49.9 Å². The van der Waals surface area contributed by atoms with Gasteiger partial charge in [0, 0.05) is 42.8 Å². The second-order valence-corrected chi connectivity index (χ2v) is 7.93. The fourth-order valence-corrected chi connectivity index (χ4v) is 4.15. The third-order valence-corrected chi connectivity index (χ3v) is 6.13. The quantitative estimate of drug-likeness (QED) is 0.665. The second-order valence-electron chi connectivity index (χ2n) is 7.93. The molecular weight excluding hydrogens is 346 g/mol. The van der Waals surface area contributed by atoms with Crippen LogP contribution in [-0.2, 0) is 16.7 Å². The third-order valence-electron chi connectivity index (χ3n) is 6.13. The molecule has 0 radical (unpaired) electrons. The summed E-state index contributed by atoms with van der Waals surface area (Å²) in [5.74, 6) is 0. The van der Waals surface area contributed by atoms with Crippen LogP contribution in [0.1, 0.15) is 35.1 Å². The first kappa shape index (κ1) is 18.9. The van der Waals surface area contributed by atoms with Crippen molar-refractivity contribution < 1.29 is 4.74 Å². The minimum absolute atomic E-state index is 0.143. The van der Waals surface area contributed by atoms with E-state index in [0.29, 0.717) is 0 Å². The number of aryl methyl sites for hydroxylation is 2. The van der Waals surface area contributed by atoms with Crippen molar-refractivity contribution in [3.8, 4) is 11.3 Å². The highest BCUT2D eigenvalue weighted by atomic mass is 16.5. The predicted octanol–water partition coefficient (Wildman–Crippen LogP) is 4.53. The molecule has 0 aliphatic carbocycles. The van der Waals surface area contributed by atoms with E-state index in [0.717, 1.165) is 44.8 Å². The predicted molar refractivity (Wildman–Crippen MR) is 113 cm³/mol. The summed E-state index contributed by atoms with van der Waals surface area (Å²) in [6.45, 7) is 7.70. The summed E-state index contributed by atoms with van der Waals surface area (Å²) in [5, 5.41) is 11.2. The zero-order valence-electron chi connectivity index (χ0n) is 16.8. The van der Waals surface area contributed by atoms with E-state index in [9.17, 15) is 0 Å². The number of aromatic nitrogens is 2. The van der Waals surface area contributed by atoms with Gasteiger partial charge in [-0.15, -0.1) is 0 Å². The number of hydrogen-bond acceptors (Lipinski definition) is 3. The lowest BCUT2D eigenvalue weighted by atomic mass is 9.74. The molecule has 1 saturated heterocycles. The van der Waals surface area contributed by atoms with Crippen molar-refractivity contribution in [1.82, 2.24) is 15.5 Å². The largest absolute Gasteiger partial charge is 0.381 e. The summed E-state index contributed by atoms with van der Waals surface area (Å²) in [4.78, 5) is 0. The van der Waals surface area contributed by atoms with Gasteiger partial charge in [-0.3, -0.25) is 5.10 Å². The average molecular weight is 376 g/mol. The van der Waals surface area contributed by atoms with Crippen LogP contribution < -0.4 is 5.32 Å². The van der Waals surface area contributed by atoms with Gasteiger partial charge in [-0.25, -0.2) is 0 Å². The van der Waals surface area contributed by atoms with Crippen LogP contribution in [0.25, 0.3) is 11.3 Å². The number of aromatic amines is 1. The van der Waals surface area contributed by atoms with Crippen LogP contribution in [0.2, 0.25) is 0 Å². The summed E-state index contributed by atoms with van der Waals surface area (Å²) in [5.41, 5.74) is 7.68. The molecule has 4 heteroatoms. The van der Waals surface area contributed by atoms with Gasteiger partial charge in [0.05, 0.1) is 11.9 Å². The van der Waals surface area contributed by atoms with Gasteiger partial charge in [-0.05, 0) is 49.4 Å². The van der Waals surface area contributed by atoms with Crippen LogP contribution in [0.5, 0.6) is 0 Å². The lowest BCUT2D eigenvalue weighted by molar-refractivity contribution is 0.0498. The maximum Gasteiger partial charge on any atom is 0.0695 e. The van der Waals surface area contributed by atoms with E-state index in [-0.39, 0.29) is 5.41 Å². The van der Waals surface area contributed by atoms with Gasteiger partial charge in [0.25, 0.3) is 0 Å². The Kier molecular flexibility index (Phi) is 5.60. The van der Waals surface area contributed by atoms with E-state index in [1.807, 2.05) is 6.20 Å². The molecule has 0 amide bonds. The Hall–Kier alpha value is -2.43. The fourth-order valence-electron chi connectivity index (χ4n) is 4.15. The molecule has 0 spiro atoms. The third kappa shape index (κ3) is 3.89. The summed E-state index contributed by atoms with van der Waals surface area (Å²) in [6, 6.07) is 17.5. The van der Waals surface area contributed by atoms with Gasteiger partial charge in [-0.1, -0.05) is 42.5 Å². The molecule has 4 nitrogen and oxygen atoms in total. The van der Waals surface area contributed by atoms with E-state index < -0.39 is 0 Å². The summed E-state index contributed by atoms with van der Waals surface area (Å²) < 4.78 is 5.65. The van der Waals surface area contributed by atoms with Crippen molar-refractivity contribution >= 4 is 0 Å². The van der Waals surface area contributed by atoms with E-state index >= 15 is 0 Å². The smallest absolute Gasteiger partial charge is 0.0695 e. The van der Waals surface area contributed by atoms with Gasteiger partial charge in [0.2, 0.25) is 0 Å². The van der Waals surface area contributed by atoms with Crippen molar-refractivity contribution in [2.45, 2.75) is 38.6 Å². The molecule has 0 saturated carbocycles. The molecule has 0 atom stereocenters. The Morgan fingerprint density at radius 3 is 2.57 bits per heavy atom. The normalized spacial score (nSPS) is 16.2. The molecule has 1 aromatic heterocycles. The van der Waals surface area contributed by atoms with E-state index in [2.05, 4.69) is 77.9 Å². The maximum atomic E-state index is 5.65. The molecule has 28 heavy (non-hydrogen) atoms. The molecule has 1 aliphatic heterocycles. The Balaban J connectivity index is 1.49. The van der Waals surface area contributed by atoms with Crippen LogP contribution in [0, 0.1) is 13.8 Å². The first-order valence-electron chi connectivity index (χ1n) is 10.1. The van der Waals surface area contributed by atoms with E-state index in [1.54, 1.807) is 0 Å². The number of benzene rings is 2. The van der Waals surface area contributed by atoms with Gasteiger partial charge in [-0.2, -0.15) is 5.10 Å². The summed E-state index contributed by atoms with van der Waals surface area (Å²) >= 11 is 0. The zero-order chi connectivity index (χ0) is 19.4. The molecule has 1 aliphatic rings. The minimum Gasteiger partial charge on any atom is -0.381 e. The molecule has 0 bridgehead atoms. The number of ether oxygens (including phenoxy) is 1. The van der Waals surface area contributed by atoms with Crippen LogP contribution in [0.3, 0.4) is 0 Å². The average Bonchev–Trinajstić information content (AvgIpc) is 3.20. The monoisotopic (exact) mass is 375 g/mol. The van der Waals surface area contributed by atoms with E-state index in [4.69, 9.17) is 4.74 Å². The van der Waals surface area contributed by atoms with Crippen LogP contribution in [-0.4, -0.2) is 30.0 Å². The number of rotatable bonds is 6. The molecule has 146 valence electrons. The zero-order valence-corrected chi connectivity index (χ0v) is 16.8. The van der Waals surface area contributed by atoms with Crippen LogP contribution >= 0.6 is 0 Å². The fraction of sp³-hybridized carbons (Fsp3) is 0.375. The van der Waals surface area contributed by atoms with Crippen LogP contribution in [0.4, 0.5) is 0 Å². The highest BCUT2D eigenvalue weighted by molar-refractivity contribution is 5.64. The first-order chi connectivity index (χ1) is 13.7. The van der Waals surface area contributed by atoms with Crippen molar-refractivity contribution in [2.24, 2.45) is 0 Å². The lowest BCUT2D eigenvalue weighted by Gasteiger charge is -2.38. The summed E-state index contributed by atoms with van der Waals surface area (Å²) in [6.07, 6.45) is 4.05. The molecule has 2 N–H and O–H groups in total. The first-order valence-corrected chi connectivity index (χ1v) is 10.1. The molecular formula is C24H29N3O. The highest BCUT2D eigenvalue weighted by Gasteiger charge is 2.34. The number of nitrogens with one attached hydrogen (secondary N) is 2. The van der Waals surface area contributed by atoms with Gasteiger partial charge in [0.15, 0.2) is 0 Å². The van der Waals surface area contributed by atoms with Crippen LogP contribution in [0.15, 0.2) is 54.7 Å². The van der Waals surface area contributed by atoms with Crippen molar-refractivity contribution in [2.75, 3.05) is 19.8 Å². The minimum atomic E-state index is 0.143. The van der Waals surface area contributed by atoms with E-state index in [1.165, 1.54) is 27.8 Å². The van der Waals surface area contributed by atoms with Gasteiger partial charge in [0.1, 0.15) is 0 Å². The van der Waals surface area contributed by atoms with Gasteiger partial charge < -0.3 is 10.1 Å². The Bertz CT molecular complexity index is 911.